The van der Waals surface area contributed by atoms with Crippen LogP contribution in [-0.4, -0.2) is 23.1 Å². The van der Waals surface area contributed by atoms with Gasteiger partial charge < -0.3 is 5.32 Å². The van der Waals surface area contributed by atoms with Gasteiger partial charge in [0.15, 0.2) is 0 Å². The van der Waals surface area contributed by atoms with Crippen LogP contribution in [0.15, 0.2) is 0 Å². The van der Waals surface area contributed by atoms with Crippen molar-refractivity contribution in [2.45, 2.75) is 45.2 Å². The van der Waals surface area contributed by atoms with E-state index in [9.17, 15) is 0 Å². The van der Waals surface area contributed by atoms with Gasteiger partial charge in [-0.2, -0.15) is 11.8 Å². The topological polar surface area (TPSA) is 12.0 Å². The van der Waals surface area contributed by atoms with Gasteiger partial charge in [0, 0.05) is 23.1 Å². The smallest absolute Gasteiger partial charge is 0.0253 e. The van der Waals surface area contributed by atoms with Crippen molar-refractivity contribution in [3.8, 4) is 0 Å². The summed E-state index contributed by atoms with van der Waals surface area (Å²) in [7, 11) is 0. The molecular formula is C9H19NS. The zero-order chi connectivity index (χ0) is 8.32. The van der Waals surface area contributed by atoms with Gasteiger partial charge in [0.05, 0.1) is 0 Å². The Kier molecular flexibility index (Phi) is 3.26. The number of thioether (sulfide) groups is 1. The minimum atomic E-state index is 0.394. The number of hydrogen-bond donors (Lipinski definition) is 1. The SMILES string of the molecule is CCC(C)(CC)NC1CSC1. The van der Waals surface area contributed by atoms with Crippen molar-refractivity contribution < 1.29 is 0 Å². The third-order valence-electron chi connectivity index (χ3n) is 2.75. The van der Waals surface area contributed by atoms with Gasteiger partial charge in [-0.25, -0.2) is 0 Å². The minimum absolute atomic E-state index is 0.394. The van der Waals surface area contributed by atoms with E-state index in [0.29, 0.717) is 5.54 Å². The number of nitrogens with one attached hydrogen (secondary N) is 1. The molecule has 1 rings (SSSR count). The van der Waals surface area contributed by atoms with Crippen LogP contribution in [0.25, 0.3) is 0 Å². The fourth-order valence-corrected chi connectivity index (χ4v) is 1.90. The van der Waals surface area contributed by atoms with Crippen LogP contribution in [-0.2, 0) is 0 Å². The molecule has 0 amide bonds. The van der Waals surface area contributed by atoms with Crippen molar-refractivity contribution in [2.75, 3.05) is 11.5 Å². The van der Waals surface area contributed by atoms with E-state index < -0.39 is 0 Å². The Hall–Kier alpha value is 0.310. The van der Waals surface area contributed by atoms with Crippen molar-refractivity contribution >= 4 is 11.8 Å². The van der Waals surface area contributed by atoms with Crippen LogP contribution in [0.5, 0.6) is 0 Å². The predicted molar refractivity (Wildman–Crippen MR) is 53.2 cm³/mol. The van der Waals surface area contributed by atoms with Crippen molar-refractivity contribution in [3.63, 3.8) is 0 Å². The van der Waals surface area contributed by atoms with Crippen molar-refractivity contribution in [3.05, 3.63) is 0 Å². The van der Waals surface area contributed by atoms with Crippen LogP contribution in [0, 0.1) is 0 Å². The molecule has 0 atom stereocenters. The van der Waals surface area contributed by atoms with Crippen LogP contribution in [0.2, 0.25) is 0 Å². The van der Waals surface area contributed by atoms with E-state index in [-0.39, 0.29) is 0 Å². The summed E-state index contributed by atoms with van der Waals surface area (Å²) in [5.41, 5.74) is 0.394. The lowest BCUT2D eigenvalue weighted by Crippen LogP contribution is -2.52. The van der Waals surface area contributed by atoms with Gasteiger partial charge in [-0.1, -0.05) is 13.8 Å². The summed E-state index contributed by atoms with van der Waals surface area (Å²) < 4.78 is 0. The first-order valence-electron chi connectivity index (χ1n) is 4.55. The second kappa shape index (κ2) is 3.81. The summed E-state index contributed by atoms with van der Waals surface area (Å²) in [6.07, 6.45) is 2.48. The normalized spacial score (nSPS) is 19.9. The molecule has 0 bridgehead atoms. The number of rotatable bonds is 4. The monoisotopic (exact) mass is 173 g/mol. The van der Waals surface area contributed by atoms with Gasteiger partial charge >= 0.3 is 0 Å². The standard InChI is InChI=1S/C9H19NS/c1-4-9(3,5-2)10-8-6-11-7-8/h8,10H,4-7H2,1-3H3. The molecule has 11 heavy (non-hydrogen) atoms. The van der Waals surface area contributed by atoms with Crippen LogP contribution in [0.3, 0.4) is 0 Å². The van der Waals surface area contributed by atoms with Crippen molar-refractivity contribution in [1.29, 1.82) is 0 Å². The largest absolute Gasteiger partial charge is 0.307 e. The highest BCUT2D eigenvalue weighted by atomic mass is 32.2. The lowest BCUT2D eigenvalue weighted by atomic mass is 9.94. The summed E-state index contributed by atoms with van der Waals surface area (Å²) in [5.74, 6) is 2.63. The Labute approximate surface area is 74.3 Å². The van der Waals surface area contributed by atoms with E-state index in [2.05, 4.69) is 26.1 Å². The first-order valence-corrected chi connectivity index (χ1v) is 5.71. The molecule has 1 aliphatic heterocycles. The van der Waals surface area contributed by atoms with E-state index >= 15 is 0 Å². The van der Waals surface area contributed by atoms with Crippen LogP contribution in [0.4, 0.5) is 0 Å². The molecule has 0 aromatic rings. The molecule has 1 N–H and O–H groups in total. The highest BCUT2D eigenvalue weighted by molar-refractivity contribution is 8.00. The molecule has 1 aliphatic rings. The molecule has 0 aliphatic carbocycles. The Morgan fingerprint density at radius 1 is 1.36 bits per heavy atom. The van der Waals surface area contributed by atoms with E-state index in [1.54, 1.807) is 0 Å². The fraction of sp³-hybridized carbons (Fsp3) is 1.00. The van der Waals surface area contributed by atoms with Gasteiger partial charge in [-0.05, 0) is 19.8 Å². The summed E-state index contributed by atoms with van der Waals surface area (Å²) in [5, 5.41) is 3.71. The highest BCUT2D eigenvalue weighted by Gasteiger charge is 2.26. The average molecular weight is 173 g/mol. The molecule has 66 valence electrons. The summed E-state index contributed by atoms with van der Waals surface area (Å²) in [6.45, 7) is 6.86. The highest BCUT2D eigenvalue weighted by Crippen LogP contribution is 2.22. The Balaban J connectivity index is 2.29. The summed E-state index contributed by atoms with van der Waals surface area (Å²) >= 11 is 2.04. The molecule has 0 saturated carbocycles. The fourth-order valence-electron chi connectivity index (χ4n) is 1.27. The summed E-state index contributed by atoms with van der Waals surface area (Å²) in [6, 6.07) is 0.796. The molecule has 0 unspecified atom stereocenters. The quantitative estimate of drug-likeness (QED) is 0.700. The zero-order valence-corrected chi connectivity index (χ0v) is 8.63. The molecule has 0 spiro atoms. The van der Waals surface area contributed by atoms with Crippen LogP contribution < -0.4 is 5.32 Å². The third-order valence-corrected chi connectivity index (χ3v) is 4.03. The molecular weight excluding hydrogens is 154 g/mol. The maximum atomic E-state index is 3.71. The van der Waals surface area contributed by atoms with Gasteiger partial charge in [-0.15, -0.1) is 0 Å². The first-order chi connectivity index (χ1) is 5.20. The van der Waals surface area contributed by atoms with Gasteiger partial charge in [0.25, 0.3) is 0 Å². The average Bonchev–Trinajstić information content (AvgIpc) is 1.97. The summed E-state index contributed by atoms with van der Waals surface area (Å²) in [4.78, 5) is 0. The minimum Gasteiger partial charge on any atom is -0.307 e. The van der Waals surface area contributed by atoms with Crippen molar-refractivity contribution in [2.24, 2.45) is 0 Å². The molecule has 1 fully saturated rings. The second-order valence-corrected chi connectivity index (χ2v) is 4.72. The Morgan fingerprint density at radius 3 is 2.18 bits per heavy atom. The lowest BCUT2D eigenvalue weighted by molar-refractivity contribution is 0.304. The number of hydrogen-bond acceptors (Lipinski definition) is 2. The van der Waals surface area contributed by atoms with Crippen molar-refractivity contribution in [1.82, 2.24) is 5.32 Å². The lowest BCUT2D eigenvalue weighted by Gasteiger charge is -2.37. The third kappa shape index (κ3) is 2.38. The molecule has 1 heterocycles. The molecule has 1 nitrogen and oxygen atoms in total. The van der Waals surface area contributed by atoms with E-state index in [1.165, 1.54) is 24.3 Å². The molecule has 0 radical (unpaired) electrons. The maximum absolute atomic E-state index is 3.71. The van der Waals surface area contributed by atoms with Crippen LogP contribution >= 0.6 is 11.8 Å². The van der Waals surface area contributed by atoms with E-state index in [4.69, 9.17) is 0 Å². The van der Waals surface area contributed by atoms with E-state index in [1.807, 2.05) is 11.8 Å². The van der Waals surface area contributed by atoms with Gasteiger partial charge in [-0.3, -0.25) is 0 Å². The van der Waals surface area contributed by atoms with Crippen LogP contribution in [0.1, 0.15) is 33.6 Å². The van der Waals surface area contributed by atoms with E-state index in [0.717, 1.165) is 6.04 Å². The zero-order valence-electron chi connectivity index (χ0n) is 7.81. The first kappa shape index (κ1) is 9.40. The molecule has 0 aromatic heterocycles. The Bertz CT molecular complexity index is 117. The van der Waals surface area contributed by atoms with Gasteiger partial charge in [0.1, 0.15) is 0 Å². The van der Waals surface area contributed by atoms with Gasteiger partial charge in [0.2, 0.25) is 0 Å². The molecule has 2 heteroatoms. The predicted octanol–water partition coefficient (Wildman–Crippen LogP) is 2.27. The molecule has 0 aromatic carbocycles. The maximum Gasteiger partial charge on any atom is 0.0253 e. The molecule has 1 saturated heterocycles. The second-order valence-electron chi connectivity index (χ2n) is 3.65. The Morgan fingerprint density at radius 2 is 1.91 bits per heavy atom.